The topological polar surface area (TPSA) is 75.9 Å². The molecule has 1 amide bonds. The van der Waals surface area contributed by atoms with Crippen molar-refractivity contribution in [2.75, 3.05) is 30.8 Å². The number of para-hydroxylation sites is 1. The zero-order valence-electron chi connectivity index (χ0n) is 17.7. The molecule has 1 heterocycles. The molecule has 1 aromatic heterocycles. The molecule has 1 N–H and O–H groups in total. The first-order chi connectivity index (χ1) is 14.5. The van der Waals surface area contributed by atoms with Crippen LogP contribution in [0.1, 0.15) is 31.7 Å². The van der Waals surface area contributed by atoms with Crippen LogP contribution in [0.2, 0.25) is 0 Å². The van der Waals surface area contributed by atoms with Crippen molar-refractivity contribution in [1.29, 1.82) is 0 Å². The number of anilines is 1. The largest absolute Gasteiger partial charge is 0.375 e. The van der Waals surface area contributed by atoms with Gasteiger partial charge in [-0.15, -0.1) is 5.10 Å². The number of amides is 1. The van der Waals surface area contributed by atoms with Crippen LogP contribution in [-0.4, -0.2) is 52.0 Å². The van der Waals surface area contributed by atoms with Crippen molar-refractivity contribution >= 4 is 23.4 Å². The summed E-state index contributed by atoms with van der Waals surface area (Å²) in [6.07, 6.45) is 0.877. The number of hydrogen-bond acceptors (Lipinski definition) is 6. The van der Waals surface area contributed by atoms with Crippen LogP contribution in [0.5, 0.6) is 0 Å². The SMILES string of the molecule is CC(C)c1ccc(-n2nnnc2SCC(=O)NCCCN(C)c2ccccc2)cc1. The summed E-state index contributed by atoms with van der Waals surface area (Å²) >= 11 is 1.33. The molecule has 0 saturated carbocycles. The normalized spacial score (nSPS) is 10.9. The lowest BCUT2D eigenvalue weighted by Crippen LogP contribution is -2.29. The quantitative estimate of drug-likeness (QED) is 0.396. The van der Waals surface area contributed by atoms with Crippen molar-refractivity contribution < 1.29 is 4.79 Å². The van der Waals surface area contributed by atoms with Gasteiger partial charge in [0, 0.05) is 25.8 Å². The number of nitrogens with zero attached hydrogens (tertiary/aromatic N) is 5. The van der Waals surface area contributed by atoms with Crippen molar-refractivity contribution in [2.24, 2.45) is 0 Å². The zero-order valence-corrected chi connectivity index (χ0v) is 18.5. The number of benzene rings is 2. The third-order valence-electron chi connectivity index (χ3n) is 4.77. The van der Waals surface area contributed by atoms with Crippen LogP contribution in [0.3, 0.4) is 0 Å². The summed E-state index contributed by atoms with van der Waals surface area (Å²) in [5.41, 5.74) is 3.32. The Bertz CT molecular complexity index is 926. The highest BCUT2D eigenvalue weighted by atomic mass is 32.2. The van der Waals surface area contributed by atoms with Gasteiger partial charge in [-0.05, 0) is 52.6 Å². The summed E-state index contributed by atoms with van der Waals surface area (Å²) in [4.78, 5) is 14.4. The summed E-state index contributed by atoms with van der Waals surface area (Å²) in [6, 6.07) is 18.4. The van der Waals surface area contributed by atoms with Crippen LogP contribution in [0.25, 0.3) is 5.69 Å². The van der Waals surface area contributed by atoms with Gasteiger partial charge >= 0.3 is 0 Å². The molecule has 0 spiro atoms. The number of carbonyl (C=O) groups excluding carboxylic acids is 1. The summed E-state index contributed by atoms with van der Waals surface area (Å²) in [7, 11) is 2.06. The van der Waals surface area contributed by atoms with Crippen LogP contribution in [0.15, 0.2) is 59.8 Å². The van der Waals surface area contributed by atoms with E-state index in [1.807, 2.05) is 30.3 Å². The first-order valence-electron chi connectivity index (χ1n) is 10.1. The van der Waals surface area contributed by atoms with Gasteiger partial charge in [0.2, 0.25) is 11.1 Å². The highest BCUT2D eigenvalue weighted by Crippen LogP contribution is 2.20. The highest BCUT2D eigenvalue weighted by molar-refractivity contribution is 7.99. The van der Waals surface area contributed by atoms with Gasteiger partial charge in [-0.2, -0.15) is 4.68 Å². The van der Waals surface area contributed by atoms with Crippen LogP contribution in [0, 0.1) is 0 Å². The number of tetrazole rings is 1. The van der Waals surface area contributed by atoms with Gasteiger partial charge < -0.3 is 10.2 Å². The van der Waals surface area contributed by atoms with Crippen molar-refractivity contribution in [1.82, 2.24) is 25.5 Å². The predicted octanol–water partition coefficient (Wildman–Crippen LogP) is 3.52. The maximum absolute atomic E-state index is 12.2. The van der Waals surface area contributed by atoms with Gasteiger partial charge in [-0.3, -0.25) is 4.79 Å². The van der Waals surface area contributed by atoms with E-state index in [4.69, 9.17) is 0 Å². The molecule has 0 fully saturated rings. The standard InChI is InChI=1S/C22H28N6OS/c1-17(2)18-10-12-20(13-11-18)28-22(24-25-26-28)30-16-21(29)23-14-7-15-27(3)19-8-5-4-6-9-19/h4-6,8-13,17H,7,14-16H2,1-3H3,(H,23,29). The predicted molar refractivity (Wildman–Crippen MR) is 121 cm³/mol. The molecule has 0 saturated heterocycles. The van der Waals surface area contributed by atoms with E-state index in [2.05, 4.69) is 70.9 Å². The maximum atomic E-state index is 12.2. The number of hydrogen-bond donors (Lipinski definition) is 1. The minimum atomic E-state index is -0.0212. The van der Waals surface area contributed by atoms with Crippen LogP contribution in [0.4, 0.5) is 5.69 Å². The molecule has 0 unspecified atom stereocenters. The second kappa shape index (κ2) is 10.8. The fourth-order valence-electron chi connectivity index (χ4n) is 2.97. The fraction of sp³-hybridized carbons (Fsp3) is 0.364. The van der Waals surface area contributed by atoms with E-state index >= 15 is 0 Å². The van der Waals surface area contributed by atoms with E-state index < -0.39 is 0 Å². The molecule has 7 nitrogen and oxygen atoms in total. The Morgan fingerprint density at radius 1 is 1.13 bits per heavy atom. The van der Waals surface area contributed by atoms with E-state index in [-0.39, 0.29) is 11.7 Å². The Morgan fingerprint density at radius 2 is 1.87 bits per heavy atom. The summed E-state index contributed by atoms with van der Waals surface area (Å²) in [5.74, 6) is 0.726. The number of carbonyl (C=O) groups is 1. The molecule has 0 atom stereocenters. The number of thioether (sulfide) groups is 1. The third kappa shape index (κ3) is 6.06. The third-order valence-corrected chi connectivity index (χ3v) is 5.69. The number of aromatic nitrogens is 4. The zero-order chi connectivity index (χ0) is 21.3. The number of nitrogens with one attached hydrogen (secondary N) is 1. The van der Waals surface area contributed by atoms with Crippen molar-refractivity contribution in [3.8, 4) is 5.69 Å². The second-order valence-corrected chi connectivity index (χ2v) is 8.31. The number of rotatable bonds is 10. The lowest BCUT2D eigenvalue weighted by atomic mass is 10.0. The molecule has 0 aliphatic rings. The molecule has 0 aliphatic heterocycles. The molecule has 30 heavy (non-hydrogen) atoms. The highest BCUT2D eigenvalue weighted by Gasteiger charge is 2.12. The van der Waals surface area contributed by atoms with Gasteiger partial charge in [-0.25, -0.2) is 0 Å². The maximum Gasteiger partial charge on any atom is 0.230 e. The summed E-state index contributed by atoms with van der Waals surface area (Å²) in [6.45, 7) is 5.83. The van der Waals surface area contributed by atoms with E-state index in [1.165, 1.54) is 23.0 Å². The van der Waals surface area contributed by atoms with Gasteiger partial charge in [0.25, 0.3) is 0 Å². The van der Waals surface area contributed by atoms with E-state index in [9.17, 15) is 4.79 Å². The second-order valence-electron chi connectivity index (χ2n) is 7.37. The van der Waals surface area contributed by atoms with E-state index in [0.29, 0.717) is 17.6 Å². The van der Waals surface area contributed by atoms with Crippen LogP contribution < -0.4 is 10.2 Å². The first kappa shape index (κ1) is 21.8. The average Bonchev–Trinajstić information content (AvgIpc) is 3.24. The minimum Gasteiger partial charge on any atom is -0.375 e. The molecule has 0 bridgehead atoms. The Morgan fingerprint density at radius 3 is 2.57 bits per heavy atom. The molecular weight excluding hydrogens is 396 g/mol. The minimum absolute atomic E-state index is 0.0212. The molecule has 158 valence electrons. The Labute approximate surface area is 181 Å². The molecule has 2 aromatic carbocycles. The molecule has 3 rings (SSSR count). The lowest BCUT2D eigenvalue weighted by Gasteiger charge is -2.19. The molecule has 0 aliphatic carbocycles. The van der Waals surface area contributed by atoms with Crippen molar-refractivity contribution in [2.45, 2.75) is 31.3 Å². The molecule has 0 radical (unpaired) electrons. The van der Waals surface area contributed by atoms with Gasteiger partial charge in [0.15, 0.2) is 0 Å². The summed E-state index contributed by atoms with van der Waals surface area (Å²) in [5, 5.41) is 15.4. The first-order valence-corrected chi connectivity index (χ1v) is 11.1. The van der Waals surface area contributed by atoms with E-state index in [1.54, 1.807) is 4.68 Å². The van der Waals surface area contributed by atoms with Crippen molar-refractivity contribution in [3.63, 3.8) is 0 Å². The lowest BCUT2D eigenvalue weighted by molar-refractivity contribution is -0.118. The van der Waals surface area contributed by atoms with Gasteiger partial charge in [-0.1, -0.05) is 55.9 Å². The van der Waals surface area contributed by atoms with Gasteiger partial charge in [0.1, 0.15) is 0 Å². The molecular formula is C22H28N6OS. The Hall–Kier alpha value is -2.87. The Balaban J connectivity index is 1.43. The molecule has 3 aromatic rings. The van der Waals surface area contributed by atoms with Gasteiger partial charge in [0.05, 0.1) is 11.4 Å². The molecule has 8 heteroatoms. The fourth-order valence-corrected chi connectivity index (χ4v) is 3.69. The Kier molecular flexibility index (Phi) is 7.84. The smallest absolute Gasteiger partial charge is 0.230 e. The van der Waals surface area contributed by atoms with Crippen LogP contribution in [-0.2, 0) is 4.79 Å². The van der Waals surface area contributed by atoms with Crippen molar-refractivity contribution in [3.05, 3.63) is 60.2 Å². The summed E-state index contributed by atoms with van der Waals surface area (Å²) < 4.78 is 1.66. The van der Waals surface area contributed by atoms with Crippen LogP contribution >= 0.6 is 11.8 Å². The van der Waals surface area contributed by atoms with E-state index in [0.717, 1.165) is 18.7 Å². The monoisotopic (exact) mass is 424 g/mol. The average molecular weight is 425 g/mol.